The van der Waals surface area contributed by atoms with Crippen LogP contribution in [-0.4, -0.2) is 31.1 Å². The molecule has 2 aromatic carbocycles. The Kier molecular flexibility index (Phi) is 3.25. The number of methoxy groups -OCH3 is 1. The molecule has 1 spiro atoms. The number of ether oxygens (including phenoxy) is 2. The third-order valence-electron chi connectivity index (χ3n) is 5.81. The Morgan fingerprint density at radius 2 is 1.96 bits per heavy atom. The van der Waals surface area contributed by atoms with E-state index < -0.39 is 11.2 Å². The highest BCUT2D eigenvalue weighted by Crippen LogP contribution is 2.50. The normalized spacial score (nSPS) is 18.0. The van der Waals surface area contributed by atoms with Crippen LogP contribution in [0.25, 0.3) is 10.9 Å². The Morgan fingerprint density at radius 1 is 1.19 bits per heavy atom. The van der Waals surface area contributed by atoms with Crippen molar-refractivity contribution in [2.75, 3.05) is 20.3 Å². The van der Waals surface area contributed by atoms with Gasteiger partial charge in [0.1, 0.15) is 0 Å². The largest absolute Gasteiger partial charge is 0.494 e. The number of hydrogen-bond acceptors (Lipinski definition) is 3. The first kappa shape index (κ1) is 15.6. The van der Waals surface area contributed by atoms with Crippen LogP contribution in [0.3, 0.4) is 0 Å². The van der Waals surface area contributed by atoms with Crippen molar-refractivity contribution in [2.45, 2.75) is 18.3 Å². The van der Waals surface area contributed by atoms with E-state index in [4.69, 9.17) is 9.47 Å². The molecule has 1 N–H and O–H groups in total. The summed E-state index contributed by atoms with van der Waals surface area (Å²) in [4.78, 5) is 16.8. The van der Waals surface area contributed by atoms with Crippen molar-refractivity contribution in [3.05, 3.63) is 64.6 Å². The minimum Gasteiger partial charge on any atom is -0.494 e. The number of hydrogen-bond donors (Lipinski definition) is 1. The van der Waals surface area contributed by atoms with Gasteiger partial charge in [-0.05, 0) is 36.6 Å². The van der Waals surface area contributed by atoms with Gasteiger partial charge in [0.15, 0.2) is 17.3 Å². The van der Waals surface area contributed by atoms with E-state index >= 15 is 0 Å². The Hall–Kier alpha value is -2.66. The number of ketones is 1. The zero-order chi connectivity index (χ0) is 17.9. The molecule has 26 heavy (non-hydrogen) atoms. The zero-order valence-electron chi connectivity index (χ0n) is 14.4. The number of halogens is 1. The first-order chi connectivity index (χ1) is 12.7. The van der Waals surface area contributed by atoms with Crippen molar-refractivity contribution in [3.8, 4) is 5.75 Å². The fourth-order valence-corrected chi connectivity index (χ4v) is 4.54. The van der Waals surface area contributed by atoms with Gasteiger partial charge in [0.25, 0.3) is 0 Å². The van der Waals surface area contributed by atoms with Crippen molar-refractivity contribution in [2.24, 2.45) is 0 Å². The molecular weight excluding hydrogens is 333 g/mol. The van der Waals surface area contributed by atoms with Crippen molar-refractivity contribution in [1.82, 2.24) is 4.98 Å². The Labute approximate surface area is 149 Å². The third-order valence-corrected chi connectivity index (χ3v) is 5.81. The van der Waals surface area contributed by atoms with Crippen LogP contribution in [0.1, 0.15) is 40.0 Å². The van der Waals surface area contributed by atoms with Crippen molar-refractivity contribution < 1.29 is 18.7 Å². The summed E-state index contributed by atoms with van der Waals surface area (Å²) in [5.74, 6) is -0.474. The Bertz CT molecular complexity index is 1050. The topological polar surface area (TPSA) is 51.3 Å². The van der Waals surface area contributed by atoms with Gasteiger partial charge < -0.3 is 14.5 Å². The predicted octanol–water partition coefficient (Wildman–Crippen LogP) is 3.96. The first-order valence-electron chi connectivity index (χ1n) is 8.77. The smallest absolute Gasteiger partial charge is 0.195 e. The van der Waals surface area contributed by atoms with E-state index in [9.17, 15) is 9.18 Å². The van der Waals surface area contributed by atoms with Gasteiger partial charge in [0.2, 0.25) is 0 Å². The number of aromatic amines is 1. The van der Waals surface area contributed by atoms with E-state index in [0.717, 1.165) is 35.0 Å². The van der Waals surface area contributed by atoms with Gasteiger partial charge in [-0.3, -0.25) is 4.79 Å². The molecule has 2 aliphatic rings. The van der Waals surface area contributed by atoms with E-state index in [0.29, 0.717) is 24.3 Å². The molecule has 1 aromatic heterocycles. The lowest BCUT2D eigenvalue weighted by Crippen LogP contribution is -2.40. The van der Waals surface area contributed by atoms with Crippen LogP contribution < -0.4 is 4.74 Å². The molecule has 0 unspecified atom stereocenters. The van der Waals surface area contributed by atoms with Gasteiger partial charge in [0.05, 0.1) is 12.7 Å². The van der Waals surface area contributed by atoms with Gasteiger partial charge in [-0.25, -0.2) is 4.39 Å². The van der Waals surface area contributed by atoms with Crippen LogP contribution in [0.5, 0.6) is 5.75 Å². The maximum Gasteiger partial charge on any atom is 0.195 e. The molecule has 5 rings (SSSR count). The third kappa shape index (κ3) is 1.89. The summed E-state index contributed by atoms with van der Waals surface area (Å²) < 4.78 is 25.2. The Morgan fingerprint density at radius 3 is 2.73 bits per heavy atom. The molecule has 2 heterocycles. The van der Waals surface area contributed by atoms with E-state index in [-0.39, 0.29) is 11.5 Å². The monoisotopic (exact) mass is 351 g/mol. The minimum absolute atomic E-state index is 0.133. The number of aromatic nitrogens is 1. The molecule has 132 valence electrons. The Balaban J connectivity index is 1.88. The molecule has 0 bridgehead atoms. The van der Waals surface area contributed by atoms with E-state index in [1.165, 1.54) is 13.2 Å². The first-order valence-corrected chi connectivity index (χ1v) is 8.77. The van der Waals surface area contributed by atoms with Crippen LogP contribution in [-0.2, 0) is 10.2 Å². The summed E-state index contributed by atoms with van der Waals surface area (Å²) in [6.45, 7) is 1.20. The highest BCUT2D eigenvalue weighted by molar-refractivity contribution is 6.20. The quantitative estimate of drug-likeness (QED) is 0.722. The summed E-state index contributed by atoms with van der Waals surface area (Å²) >= 11 is 0. The van der Waals surface area contributed by atoms with Gasteiger partial charge in [-0.2, -0.15) is 0 Å². The highest BCUT2D eigenvalue weighted by atomic mass is 19.1. The van der Waals surface area contributed by atoms with Crippen LogP contribution in [0.4, 0.5) is 4.39 Å². The van der Waals surface area contributed by atoms with Crippen molar-refractivity contribution in [1.29, 1.82) is 0 Å². The number of carbonyl (C=O) groups is 1. The number of para-hydroxylation sites is 1. The maximum absolute atomic E-state index is 14.4. The number of benzene rings is 2. The molecule has 1 saturated heterocycles. The molecule has 0 saturated carbocycles. The average molecular weight is 351 g/mol. The van der Waals surface area contributed by atoms with Gasteiger partial charge in [-0.15, -0.1) is 0 Å². The zero-order valence-corrected chi connectivity index (χ0v) is 14.4. The molecule has 0 amide bonds. The van der Waals surface area contributed by atoms with E-state index in [1.807, 2.05) is 24.3 Å². The highest BCUT2D eigenvalue weighted by Gasteiger charge is 2.47. The second-order valence-electron chi connectivity index (χ2n) is 6.98. The van der Waals surface area contributed by atoms with Crippen LogP contribution >= 0.6 is 0 Å². The van der Waals surface area contributed by atoms with Crippen LogP contribution in [0.15, 0.2) is 36.4 Å². The second-order valence-corrected chi connectivity index (χ2v) is 6.98. The number of H-pyrrole nitrogens is 1. The fourth-order valence-electron chi connectivity index (χ4n) is 4.54. The summed E-state index contributed by atoms with van der Waals surface area (Å²) in [5, 5.41) is 0.889. The molecule has 0 radical (unpaired) electrons. The summed E-state index contributed by atoms with van der Waals surface area (Å²) in [6, 6.07) is 10.8. The van der Waals surface area contributed by atoms with Gasteiger partial charge in [0, 0.05) is 40.8 Å². The number of carbonyl (C=O) groups excluding carboxylic acids is 1. The fraction of sp³-hybridized carbons (Fsp3) is 0.286. The summed E-state index contributed by atoms with van der Waals surface area (Å²) in [7, 11) is 1.44. The van der Waals surface area contributed by atoms with Gasteiger partial charge in [-0.1, -0.05) is 18.2 Å². The molecule has 1 aliphatic heterocycles. The molecule has 1 aliphatic carbocycles. The lowest BCUT2D eigenvalue weighted by atomic mass is 9.64. The minimum atomic E-state index is -0.509. The van der Waals surface area contributed by atoms with Crippen molar-refractivity contribution >= 4 is 16.7 Å². The lowest BCUT2D eigenvalue weighted by Gasteiger charge is -2.41. The van der Waals surface area contributed by atoms with Crippen LogP contribution in [0.2, 0.25) is 0 Å². The number of nitrogens with one attached hydrogen (secondary N) is 1. The van der Waals surface area contributed by atoms with E-state index in [1.54, 1.807) is 6.07 Å². The average Bonchev–Trinajstić information content (AvgIpc) is 3.07. The van der Waals surface area contributed by atoms with Gasteiger partial charge >= 0.3 is 0 Å². The molecule has 1 fully saturated rings. The summed E-state index contributed by atoms with van der Waals surface area (Å²) in [5.41, 5.74) is 3.40. The number of rotatable bonds is 1. The standard InChI is InChI=1S/C21H18FNO3/c1-25-17-11-14-13(10-15(17)22)19(24)18-12-4-2-3-5-16(12)23-20(18)21(14)6-8-26-9-7-21/h2-5,10-11,23H,6-9H2,1H3. The second kappa shape index (κ2) is 5.42. The van der Waals surface area contributed by atoms with Crippen LogP contribution in [0, 0.1) is 5.82 Å². The molecule has 4 nitrogen and oxygen atoms in total. The number of fused-ring (bicyclic) bond motifs is 6. The molecule has 3 aromatic rings. The summed E-state index contributed by atoms with van der Waals surface area (Å²) in [6.07, 6.45) is 1.48. The molecular formula is C21H18FNO3. The SMILES string of the molecule is COc1cc2c(cc1F)C(=O)c1c([nH]c3ccccc13)C21CCOCC1. The molecule has 5 heteroatoms. The maximum atomic E-state index is 14.4. The predicted molar refractivity (Wildman–Crippen MR) is 95.5 cm³/mol. The molecule has 0 atom stereocenters. The lowest BCUT2D eigenvalue weighted by molar-refractivity contribution is 0.0600. The van der Waals surface area contributed by atoms with E-state index in [2.05, 4.69) is 4.98 Å². The van der Waals surface area contributed by atoms with Crippen molar-refractivity contribution in [3.63, 3.8) is 0 Å².